The molecule has 1 aliphatic rings. The van der Waals surface area contributed by atoms with Crippen molar-refractivity contribution in [2.45, 2.75) is 32.9 Å². The van der Waals surface area contributed by atoms with Crippen molar-refractivity contribution in [2.24, 2.45) is 0 Å². The van der Waals surface area contributed by atoms with Crippen LogP contribution in [0.4, 0.5) is 0 Å². The molecule has 34 heavy (non-hydrogen) atoms. The number of methoxy groups -OCH3 is 1. The first kappa shape index (κ1) is 23.8. The van der Waals surface area contributed by atoms with Gasteiger partial charge in [0.05, 0.1) is 7.11 Å². The summed E-state index contributed by atoms with van der Waals surface area (Å²) in [6.45, 7) is 8.86. The zero-order valence-electron chi connectivity index (χ0n) is 20.2. The maximum absolute atomic E-state index is 13.2. The normalized spacial score (nSPS) is 14.3. The SMILES string of the molecule is COc1ccc(C(=O)N2CCN(Cc3ccc(C(C)C)cc3)CC2)cc1OCc1ccncc1. The number of pyridine rings is 1. The van der Waals surface area contributed by atoms with E-state index in [0.29, 0.717) is 42.7 Å². The van der Waals surface area contributed by atoms with Crippen molar-refractivity contribution in [1.29, 1.82) is 0 Å². The summed E-state index contributed by atoms with van der Waals surface area (Å²) in [5.74, 6) is 1.74. The van der Waals surface area contributed by atoms with Gasteiger partial charge in [-0.15, -0.1) is 0 Å². The number of amides is 1. The molecule has 1 aliphatic heterocycles. The summed E-state index contributed by atoms with van der Waals surface area (Å²) in [6, 6.07) is 18.1. The van der Waals surface area contributed by atoms with Gasteiger partial charge in [-0.05, 0) is 52.9 Å². The summed E-state index contributed by atoms with van der Waals surface area (Å²) in [5.41, 5.74) is 4.30. The number of hydrogen-bond acceptors (Lipinski definition) is 5. The summed E-state index contributed by atoms with van der Waals surface area (Å²) >= 11 is 0. The second-order valence-corrected chi connectivity index (χ2v) is 8.97. The lowest BCUT2D eigenvalue weighted by Gasteiger charge is -2.35. The molecule has 2 heterocycles. The molecule has 0 unspecified atom stereocenters. The number of carbonyl (C=O) groups is 1. The quantitative estimate of drug-likeness (QED) is 0.487. The highest BCUT2D eigenvalue weighted by molar-refractivity contribution is 5.95. The highest BCUT2D eigenvalue weighted by atomic mass is 16.5. The smallest absolute Gasteiger partial charge is 0.254 e. The van der Waals surface area contributed by atoms with Gasteiger partial charge in [-0.3, -0.25) is 14.7 Å². The fourth-order valence-corrected chi connectivity index (χ4v) is 4.12. The van der Waals surface area contributed by atoms with E-state index in [9.17, 15) is 4.79 Å². The lowest BCUT2D eigenvalue weighted by Crippen LogP contribution is -2.48. The topological polar surface area (TPSA) is 54.9 Å². The average molecular weight is 460 g/mol. The van der Waals surface area contributed by atoms with Crippen LogP contribution in [0.25, 0.3) is 0 Å². The molecule has 3 aromatic rings. The molecule has 0 saturated carbocycles. The molecule has 1 fully saturated rings. The van der Waals surface area contributed by atoms with Crippen LogP contribution in [-0.2, 0) is 13.2 Å². The van der Waals surface area contributed by atoms with E-state index < -0.39 is 0 Å². The van der Waals surface area contributed by atoms with Crippen molar-refractivity contribution in [3.05, 3.63) is 89.2 Å². The van der Waals surface area contributed by atoms with E-state index in [2.05, 4.69) is 48.0 Å². The standard InChI is InChI=1S/C28H33N3O3/c1-21(2)24-6-4-22(5-7-24)19-30-14-16-31(17-15-30)28(32)25-8-9-26(33-3)27(18-25)34-20-23-10-12-29-13-11-23/h4-13,18,21H,14-17,19-20H2,1-3H3. The van der Waals surface area contributed by atoms with Gasteiger partial charge in [-0.1, -0.05) is 38.1 Å². The van der Waals surface area contributed by atoms with Crippen LogP contribution >= 0.6 is 0 Å². The van der Waals surface area contributed by atoms with E-state index >= 15 is 0 Å². The lowest BCUT2D eigenvalue weighted by molar-refractivity contribution is 0.0628. The van der Waals surface area contributed by atoms with Crippen molar-refractivity contribution in [1.82, 2.24) is 14.8 Å². The third kappa shape index (κ3) is 5.94. The molecular weight excluding hydrogens is 426 g/mol. The molecule has 4 rings (SSSR count). The Balaban J connectivity index is 1.34. The Morgan fingerprint density at radius 3 is 2.26 bits per heavy atom. The van der Waals surface area contributed by atoms with Crippen LogP contribution in [0, 0.1) is 0 Å². The van der Waals surface area contributed by atoms with Gasteiger partial charge >= 0.3 is 0 Å². The Morgan fingerprint density at radius 1 is 0.912 bits per heavy atom. The van der Waals surface area contributed by atoms with E-state index in [1.165, 1.54) is 11.1 Å². The van der Waals surface area contributed by atoms with Crippen LogP contribution in [-0.4, -0.2) is 54.0 Å². The highest BCUT2D eigenvalue weighted by Crippen LogP contribution is 2.29. The number of ether oxygens (including phenoxy) is 2. The van der Waals surface area contributed by atoms with Gasteiger partial charge in [0.2, 0.25) is 0 Å². The number of aromatic nitrogens is 1. The van der Waals surface area contributed by atoms with E-state index in [1.807, 2.05) is 23.1 Å². The summed E-state index contributed by atoms with van der Waals surface area (Å²) < 4.78 is 11.4. The van der Waals surface area contributed by atoms with Crippen molar-refractivity contribution < 1.29 is 14.3 Å². The van der Waals surface area contributed by atoms with Crippen molar-refractivity contribution in [3.63, 3.8) is 0 Å². The first-order valence-corrected chi connectivity index (χ1v) is 11.8. The maximum Gasteiger partial charge on any atom is 0.254 e. The molecule has 0 N–H and O–H groups in total. The minimum Gasteiger partial charge on any atom is -0.493 e. The van der Waals surface area contributed by atoms with Crippen molar-refractivity contribution in [3.8, 4) is 11.5 Å². The largest absolute Gasteiger partial charge is 0.493 e. The summed E-state index contributed by atoms with van der Waals surface area (Å²) in [5, 5.41) is 0. The number of piperazine rings is 1. The third-order valence-electron chi connectivity index (χ3n) is 6.27. The zero-order chi connectivity index (χ0) is 23.9. The maximum atomic E-state index is 13.2. The van der Waals surface area contributed by atoms with Crippen LogP contribution in [0.2, 0.25) is 0 Å². The van der Waals surface area contributed by atoms with Gasteiger partial charge < -0.3 is 14.4 Å². The monoisotopic (exact) mass is 459 g/mol. The Hall–Kier alpha value is -3.38. The van der Waals surface area contributed by atoms with Gasteiger partial charge in [0.1, 0.15) is 6.61 Å². The van der Waals surface area contributed by atoms with Gasteiger partial charge in [-0.25, -0.2) is 0 Å². The molecule has 1 amide bonds. The van der Waals surface area contributed by atoms with Gasteiger partial charge in [0, 0.05) is 50.7 Å². The van der Waals surface area contributed by atoms with Crippen LogP contribution < -0.4 is 9.47 Å². The van der Waals surface area contributed by atoms with Crippen LogP contribution in [0.1, 0.15) is 46.8 Å². The van der Waals surface area contributed by atoms with Gasteiger partial charge in [0.25, 0.3) is 5.91 Å². The molecule has 1 saturated heterocycles. The zero-order valence-corrected chi connectivity index (χ0v) is 20.2. The van der Waals surface area contributed by atoms with E-state index in [4.69, 9.17) is 9.47 Å². The Labute approximate surface area is 202 Å². The predicted octanol–water partition coefficient (Wildman–Crippen LogP) is 4.75. The number of nitrogens with zero attached hydrogens (tertiary/aromatic N) is 3. The molecule has 6 nitrogen and oxygen atoms in total. The minimum atomic E-state index is 0.0253. The first-order chi connectivity index (χ1) is 16.5. The number of hydrogen-bond donors (Lipinski definition) is 0. The van der Waals surface area contributed by atoms with E-state index in [0.717, 1.165) is 25.2 Å². The molecule has 1 aromatic heterocycles. The average Bonchev–Trinajstić information content (AvgIpc) is 2.88. The molecule has 0 spiro atoms. The summed E-state index contributed by atoms with van der Waals surface area (Å²) in [6.07, 6.45) is 3.46. The third-order valence-corrected chi connectivity index (χ3v) is 6.27. The summed E-state index contributed by atoms with van der Waals surface area (Å²) in [7, 11) is 1.60. The molecule has 6 heteroatoms. The summed E-state index contributed by atoms with van der Waals surface area (Å²) in [4.78, 5) is 21.6. The highest BCUT2D eigenvalue weighted by Gasteiger charge is 2.23. The van der Waals surface area contributed by atoms with Gasteiger partial charge in [-0.2, -0.15) is 0 Å². The number of benzene rings is 2. The molecule has 2 aromatic carbocycles. The number of rotatable bonds is 8. The molecule has 0 radical (unpaired) electrons. The fourth-order valence-electron chi connectivity index (χ4n) is 4.12. The van der Waals surface area contributed by atoms with Crippen LogP contribution in [0.15, 0.2) is 67.0 Å². The minimum absolute atomic E-state index is 0.0253. The molecule has 0 bridgehead atoms. The predicted molar refractivity (Wildman–Crippen MR) is 133 cm³/mol. The molecule has 0 atom stereocenters. The molecule has 0 aliphatic carbocycles. The fraction of sp³-hybridized carbons (Fsp3) is 0.357. The Bertz CT molecular complexity index is 1080. The van der Waals surface area contributed by atoms with Crippen LogP contribution in [0.5, 0.6) is 11.5 Å². The van der Waals surface area contributed by atoms with Crippen molar-refractivity contribution >= 4 is 5.91 Å². The Kier molecular flexibility index (Phi) is 7.80. The van der Waals surface area contributed by atoms with Crippen LogP contribution in [0.3, 0.4) is 0 Å². The van der Waals surface area contributed by atoms with E-state index in [1.54, 1.807) is 31.6 Å². The first-order valence-electron chi connectivity index (χ1n) is 11.8. The molecule has 178 valence electrons. The lowest BCUT2D eigenvalue weighted by atomic mass is 10.0. The second-order valence-electron chi connectivity index (χ2n) is 8.97. The van der Waals surface area contributed by atoms with Gasteiger partial charge in [0.15, 0.2) is 11.5 Å². The number of carbonyl (C=O) groups excluding carboxylic acids is 1. The van der Waals surface area contributed by atoms with Crippen molar-refractivity contribution in [2.75, 3.05) is 33.3 Å². The Morgan fingerprint density at radius 2 is 1.62 bits per heavy atom. The van der Waals surface area contributed by atoms with E-state index in [-0.39, 0.29) is 5.91 Å². The second kappa shape index (κ2) is 11.2. The molecular formula is C28H33N3O3.